The van der Waals surface area contributed by atoms with Crippen LogP contribution in [0.1, 0.15) is 71.9 Å². The molecule has 158 valence electrons. The van der Waals surface area contributed by atoms with Crippen molar-refractivity contribution in [1.82, 2.24) is 4.90 Å². The zero-order valence-corrected chi connectivity index (χ0v) is 18.7. The highest BCUT2D eigenvalue weighted by molar-refractivity contribution is 6.04. The van der Waals surface area contributed by atoms with Crippen LogP contribution in [0, 0.1) is 24.7 Å². The molecule has 2 unspecified atom stereocenters. The van der Waals surface area contributed by atoms with Gasteiger partial charge in [-0.1, -0.05) is 38.0 Å². The molecule has 2 fully saturated rings. The lowest BCUT2D eigenvalue weighted by Gasteiger charge is -2.39. The van der Waals surface area contributed by atoms with Gasteiger partial charge in [0.05, 0.1) is 0 Å². The van der Waals surface area contributed by atoms with Crippen molar-refractivity contribution in [3.05, 3.63) is 64.7 Å². The van der Waals surface area contributed by atoms with Gasteiger partial charge in [0.25, 0.3) is 11.8 Å². The van der Waals surface area contributed by atoms with Crippen molar-refractivity contribution in [2.45, 2.75) is 59.9 Å². The number of amides is 2. The summed E-state index contributed by atoms with van der Waals surface area (Å²) in [5, 5.41) is 2.94. The summed E-state index contributed by atoms with van der Waals surface area (Å²) in [5.41, 5.74) is 4.67. The lowest BCUT2D eigenvalue weighted by Crippen LogP contribution is -2.37. The number of hydrogen-bond donors (Lipinski definition) is 1. The first kappa shape index (κ1) is 20.6. The van der Waals surface area contributed by atoms with Crippen LogP contribution in [-0.4, -0.2) is 29.3 Å². The molecular formula is C26H32N2O2. The molecule has 1 N–H and O–H groups in total. The first-order valence-electron chi connectivity index (χ1n) is 10.8. The molecule has 4 rings (SSSR count). The molecule has 2 aromatic carbocycles. The first-order valence-corrected chi connectivity index (χ1v) is 10.8. The van der Waals surface area contributed by atoms with Gasteiger partial charge in [-0.25, -0.2) is 0 Å². The van der Waals surface area contributed by atoms with E-state index in [-0.39, 0.29) is 22.6 Å². The molecule has 2 atom stereocenters. The highest BCUT2D eigenvalue weighted by Crippen LogP contribution is 2.52. The van der Waals surface area contributed by atoms with Crippen molar-refractivity contribution in [3.8, 4) is 0 Å². The lowest BCUT2D eigenvalue weighted by molar-refractivity contribution is 0.0708. The van der Waals surface area contributed by atoms with Gasteiger partial charge in [0, 0.05) is 29.4 Å². The van der Waals surface area contributed by atoms with E-state index in [1.807, 2.05) is 56.3 Å². The number of benzene rings is 2. The molecule has 1 saturated carbocycles. The zero-order chi connectivity index (χ0) is 21.7. The smallest absolute Gasteiger partial charge is 0.255 e. The van der Waals surface area contributed by atoms with E-state index < -0.39 is 0 Å². The number of anilines is 1. The van der Waals surface area contributed by atoms with Gasteiger partial charge in [0.1, 0.15) is 0 Å². The third kappa shape index (κ3) is 4.14. The molecule has 2 aromatic rings. The van der Waals surface area contributed by atoms with Gasteiger partial charge < -0.3 is 10.2 Å². The molecule has 1 heterocycles. The molecule has 2 amide bonds. The fourth-order valence-electron chi connectivity index (χ4n) is 5.87. The van der Waals surface area contributed by atoms with Crippen LogP contribution in [0.2, 0.25) is 0 Å². The third-order valence-electron chi connectivity index (χ3n) is 6.55. The summed E-state index contributed by atoms with van der Waals surface area (Å²) >= 11 is 0. The Kier molecular flexibility index (Phi) is 5.00. The minimum Gasteiger partial charge on any atom is -0.335 e. The Morgan fingerprint density at radius 1 is 0.933 bits per heavy atom. The number of aryl methyl sites for hydroxylation is 2. The van der Waals surface area contributed by atoms with Gasteiger partial charge in [-0.05, 0) is 80.3 Å². The number of fused-ring (bicyclic) bond motifs is 2. The summed E-state index contributed by atoms with van der Waals surface area (Å²) in [4.78, 5) is 27.9. The second kappa shape index (κ2) is 7.26. The van der Waals surface area contributed by atoms with Gasteiger partial charge >= 0.3 is 0 Å². The number of carbonyl (C=O) groups is 2. The average Bonchev–Trinajstić information content (AvgIpc) is 2.89. The molecule has 0 spiro atoms. The maximum atomic E-state index is 13.2. The summed E-state index contributed by atoms with van der Waals surface area (Å²) in [6.07, 6.45) is 3.34. The van der Waals surface area contributed by atoms with Crippen molar-refractivity contribution in [2.75, 3.05) is 11.9 Å². The van der Waals surface area contributed by atoms with E-state index in [9.17, 15) is 9.59 Å². The lowest BCUT2D eigenvalue weighted by atomic mass is 9.65. The van der Waals surface area contributed by atoms with Crippen LogP contribution in [0.25, 0.3) is 0 Å². The van der Waals surface area contributed by atoms with Crippen LogP contribution in [0.5, 0.6) is 0 Å². The molecular weight excluding hydrogens is 372 g/mol. The fourth-order valence-corrected chi connectivity index (χ4v) is 5.87. The summed E-state index contributed by atoms with van der Waals surface area (Å²) in [6, 6.07) is 13.4. The molecule has 2 aliphatic rings. The van der Waals surface area contributed by atoms with Crippen molar-refractivity contribution >= 4 is 17.5 Å². The Hall–Kier alpha value is -2.62. The molecule has 0 aromatic heterocycles. The maximum Gasteiger partial charge on any atom is 0.255 e. The highest BCUT2D eigenvalue weighted by atomic mass is 16.2. The Morgan fingerprint density at radius 2 is 1.57 bits per heavy atom. The van der Waals surface area contributed by atoms with Crippen LogP contribution >= 0.6 is 0 Å². The highest BCUT2D eigenvalue weighted by Gasteiger charge is 2.50. The van der Waals surface area contributed by atoms with Gasteiger partial charge in [-0.2, -0.15) is 0 Å². The molecule has 1 saturated heterocycles. The molecule has 1 aliphatic heterocycles. The SMILES string of the molecule is Cc1cc(C)cc(C(=O)Nc2ccc(C(=O)N3CC4(C)CC3CC(C)(C)C4)cc2)c1. The Morgan fingerprint density at radius 3 is 2.20 bits per heavy atom. The molecule has 2 bridgehead atoms. The van der Waals surface area contributed by atoms with Crippen LogP contribution < -0.4 is 5.32 Å². The van der Waals surface area contributed by atoms with Gasteiger partial charge in [0.15, 0.2) is 0 Å². The summed E-state index contributed by atoms with van der Waals surface area (Å²) in [6.45, 7) is 11.8. The first-order chi connectivity index (χ1) is 14.0. The second-order valence-electron chi connectivity index (χ2n) is 10.6. The topological polar surface area (TPSA) is 49.4 Å². The minimum atomic E-state index is -0.135. The van der Waals surface area contributed by atoms with Gasteiger partial charge in [-0.15, -0.1) is 0 Å². The van der Waals surface area contributed by atoms with Crippen LogP contribution in [0.4, 0.5) is 5.69 Å². The van der Waals surface area contributed by atoms with Gasteiger partial charge in [0.2, 0.25) is 0 Å². The molecule has 4 heteroatoms. The van der Waals surface area contributed by atoms with Crippen molar-refractivity contribution in [3.63, 3.8) is 0 Å². The number of hydrogen-bond acceptors (Lipinski definition) is 2. The van der Waals surface area contributed by atoms with E-state index in [0.29, 0.717) is 22.9 Å². The normalized spacial score (nSPS) is 24.6. The summed E-state index contributed by atoms with van der Waals surface area (Å²) < 4.78 is 0. The third-order valence-corrected chi connectivity index (χ3v) is 6.55. The summed E-state index contributed by atoms with van der Waals surface area (Å²) in [7, 11) is 0. The number of rotatable bonds is 3. The monoisotopic (exact) mass is 404 g/mol. The Balaban J connectivity index is 1.46. The number of carbonyl (C=O) groups excluding carboxylic acids is 2. The van der Waals surface area contributed by atoms with Crippen LogP contribution in [0.15, 0.2) is 42.5 Å². The second-order valence-corrected chi connectivity index (χ2v) is 10.6. The predicted molar refractivity (Wildman–Crippen MR) is 121 cm³/mol. The van der Waals surface area contributed by atoms with E-state index in [2.05, 4.69) is 31.0 Å². The summed E-state index contributed by atoms with van der Waals surface area (Å²) in [5.74, 6) is -0.0296. The maximum absolute atomic E-state index is 13.2. The van der Waals surface area contributed by atoms with Crippen LogP contribution in [-0.2, 0) is 0 Å². The van der Waals surface area contributed by atoms with E-state index in [0.717, 1.165) is 30.5 Å². The van der Waals surface area contributed by atoms with Crippen LogP contribution in [0.3, 0.4) is 0 Å². The zero-order valence-electron chi connectivity index (χ0n) is 18.7. The van der Waals surface area contributed by atoms with E-state index in [1.165, 1.54) is 6.42 Å². The number of nitrogens with one attached hydrogen (secondary N) is 1. The molecule has 30 heavy (non-hydrogen) atoms. The fraction of sp³-hybridized carbons (Fsp3) is 0.462. The van der Waals surface area contributed by atoms with E-state index in [4.69, 9.17) is 0 Å². The molecule has 0 radical (unpaired) electrons. The minimum absolute atomic E-state index is 0.105. The molecule has 4 nitrogen and oxygen atoms in total. The Labute approximate surface area is 179 Å². The van der Waals surface area contributed by atoms with Gasteiger partial charge in [-0.3, -0.25) is 9.59 Å². The number of likely N-dealkylation sites (tertiary alicyclic amines) is 1. The number of nitrogens with zero attached hydrogens (tertiary/aromatic N) is 1. The largest absolute Gasteiger partial charge is 0.335 e. The quantitative estimate of drug-likeness (QED) is 0.724. The van der Waals surface area contributed by atoms with Crippen molar-refractivity contribution < 1.29 is 9.59 Å². The Bertz CT molecular complexity index is 972. The van der Waals surface area contributed by atoms with E-state index >= 15 is 0 Å². The van der Waals surface area contributed by atoms with Crippen molar-refractivity contribution in [1.29, 1.82) is 0 Å². The average molecular weight is 405 g/mol. The van der Waals surface area contributed by atoms with Crippen molar-refractivity contribution in [2.24, 2.45) is 10.8 Å². The predicted octanol–water partition coefficient (Wildman–Crippen LogP) is 5.60. The van der Waals surface area contributed by atoms with E-state index in [1.54, 1.807) is 0 Å². The standard InChI is InChI=1S/C26H32N2O2/c1-17-10-18(2)12-20(11-17)23(29)27-21-8-6-19(7-9-21)24(30)28-16-26(5)14-22(28)13-25(3,4)15-26/h6-12,22H,13-16H2,1-5H3,(H,27,29). The molecule has 1 aliphatic carbocycles.